The van der Waals surface area contributed by atoms with Crippen LogP contribution < -0.4 is 0 Å². The Labute approximate surface area is 86.3 Å². The highest BCUT2D eigenvalue weighted by atomic mass is 16.7. The molecule has 0 bridgehead atoms. The predicted octanol–water partition coefficient (Wildman–Crippen LogP) is 2.74. The van der Waals surface area contributed by atoms with E-state index in [-0.39, 0.29) is 11.7 Å². The Morgan fingerprint density at radius 1 is 1.43 bits per heavy atom. The SMILES string of the molecule is COC1OCCCC12CCC=CC2C. The third kappa shape index (κ3) is 1.51. The van der Waals surface area contributed by atoms with Gasteiger partial charge in [0.25, 0.3) is 0 Å². The summed E-state index contributed by atoms with van der Waals surface area (Å²) in [6.45, 7) is 3.15. The minimum absolute atomic E-state index is 0.0104. The van der Waals surface area contributed by atoms with Gasteiger partial charge in [0.05, 0.1) is 0 Å². The lowest BCUT2D eigenvalue weighted by molar-refractivity contribution is -0.233. The first-order valence-electron chi connectivity index (χ1n) is 5.61. The Morgan fingerprint density at radius 2 is 2.29 bits per heavy atom. The second-order valence-corrected chi connectivity index (χ2v) is 4.53. The molecule has 2 heteroatoms. The highest BCUT2D eigenvalue weighted by Gasteiger charge is 2.45. The fourth-order valence-corrected chi connectivity index (χ4v) is 2.94. The van der Waals surface area contributed by atoms with E-state index in [9.17, 15) is 0 Å². The van der Waals surface area contributed by atoms with Crippen molar-refractivity contribution in [3.63, 3.8) is 0 Å². The van der Waals surface area contributed by atoms with Crippen LogP contribution in [0.1, 0.15) is 32.6 Å². The van der Waals surface area contributed by atoms with Gasteiger partial charge in [0.1, 0.15) is 0 Å². The Morgan fingerprint density at radius 3 is 3.00 bits per heavy atom. The fourth-order valence-electron chi connectivity index (χ4n) is 2.94. The molecule has 2 aliphatic rings. The van der Waals surface area contributed by atoms with Crippen molar-refractivity contribution in [1.82, 2.24) is 0 Å². The molecule has 0 amide bonds. The van der Waals surface area contributed by atoms with E-state index in [4.69, 9.17) is 9.47 Å². The van der Waals surface area contributed by atoms with Gasteiger partial charge in [-0.15, -0.1) is 0 Å². The molecule has 0 radical (unpaired) electrons. The van der Waals surface area contributed by atoms with Crippen molar-refractivity contribution >= 4 is 0 Å². The number of allylic oxidation sites excluding steroid dienone is 2. The minimum Gasteiger partial charge on any atom is -0.355 e. The molecule has 2 rings (SSSR count). The lowest BCUT2D eigenvalue weighted by Gasteiger charge is -2.47. The maximum atomic E-state index is 5.73. The van der Waals surface area contributed by atoms with Gasteiger partial charge in [-0.05, 0) is 31.6 Å². The molecule has 0 N–H and O–H groups in total. The summed E-state index contributed by atoms with van der Waals surface area (Å²) in [7, 11) is 1.77. The van der Waals surface area contributed by atoms with E-state index >= 15 is 0 Å². The lowest BCUT2D eigenvalue weighted by Crippen LogP contribution is -2.47. The van der Waals surface area contributed by atoms with Crippen molar-refractivity contribution < 1.29 is 9.47 Å². The van der Waals surface area contributed by atoms with E-state index in [0.717, 1.165) is 6.61 Å². The van der Waals surface area contributed by atoms with Gasteiger partial charge in [-0.25, -0.2) is 0 Å². The largest absolute Gasteiger partial charge is 0.355 e. The quantitative estimate of drug-likeness (QED) is 0.600. The van der Waals surface area contributed by atoms with Crippen LogP contribution in [0.25, 0.3) is 0 Å². The summed E-state index contributed by atoms with van der Waals surface area (Å²) < 4.78 is 11.2. The van der Waals surface area contributed by atoms with Crippen LogP contribution in [-0.2, 0) is 9.47 Å². The van der Waals surface area contributed by atoms with Crippen molar-refractivity contribution in [1.29, 1.82) is 0 Å². The third-order valence-electron chi connectivity index (χ3n) is 3.85. The van der Waals surface area contributed by atoms with Gasteiger partial charge in [0.15, 0.2) is 6.29 Å². The molecule has 0 aromatic heterocycles. The summed E-state index contributed by atoms with van der Waals surface area (Å²) >= 11 is 0. The van der Waals surface area contributed by atoms with E-state index in [1.54, 1.807) is 7.11 Å². The Kier molecular flexibility index (Phi) is 2.93. The topological polar surface area (TPSA) is 18.5 Å². The zero-order chi connectivity index (χ0) is 10.0. The van der Waals surface area contributed by atoms with Crippen LogP contribution in [0.3, 0.4) is 0 Å². The molecule has 1 fully saturated rings. The van der Waals surface area contributed by atoms with Crippen LogP contribution in [0.5, 0.6) is 0 Å². The number of ether oxygens (including phenoxy) is 2. The first-order chi connectivity index (χ1) is 6.79. The van der Waals surface area contributed by atoms with E-state index < -0.39 is 0 Å². The van der Waals surface area contributed by atoms with Gasteiger partial charge < -0.3 is 9.47 Å². The molecule has 14 heavy (non-hydrogen) atoms. The van der Waals surface area contributed by atoms with Gasteiger partial charge in [-0.3, -0.25) is 0 Å². The Balaban J connectivity index is 2.21. The van der Waals surface area contributed by atoms with Gasteiger partial charge in [0, 0.05) is 19.1 Å². The highest BCUT2D eigenvalue weighted by Crippen LogP contribution is 2.47. The summed E-state index contributed by atoms with van der Waals surface area (Å²) in [6, 6.07) is 0. The summed E-state index contributed by atoms with van der Waals surface area (Å²) in [6.07, 6.45) is 9.43. The van der Waals surface area contributed by atoms with Crippen LogP contribution in [0.15, 0.2) is 12.2 Å². The maximum absolute atomic E-state index is 5.73. The lowest BCUT2D eigenvalue weighted by atomic mass is 9.66. The molecule has 1 aliphatic carbocycles. The highest BCUT2D eigenvalue weighted by molar-refractivity contribution is 5.05. The van der Waals surface area contributed by atoms with Crippen LogP contribution in [-0.4, -0.2) is 20.0 Å². The van der Waals surface area contributed by atoms with Crippen LogP contribution in [0, 0.1) is 11.3 Å². The van der Waals surface area contributed by atoms with E-state index in [1.807, 2.05) is 0 Å². The first-order valence-corrected chi connectivity index (χ1v) is 5.61. The Hall–Kier alpha value is -0.340. The second kappa shape index (κ2) is 4.03. The van der Waals surface area contributed by atoms with Gasteiger partial charge >= 0.3 is 0 Å². The Bertz CT molecular complexity index is 224. The summed E-state index contributed by atoms with van der Waals surface area (Å²) in [5, 5.41) is 0. The van der Waals surface area contributed by atoms with Crippen molar-refractivity contribution in [2.75, 3.05) is 13.7 Å². The van der Waals surface area contributed by atoms with Gasteiger partial charge in [-0.1, -0.05) is 19.1 Å². The molecule has 1 heterocycles. The fraction of sp³-hybridized carbons (Fsp3) is 0.833. The average Bonchev–Trinajstić information content (AvgIpc) is 2.23. The maximum Gasteiger partial charge on any atom is 0.163 e. The normalized spacial score (nSPS) is 43.0. The first kappa shape index (κ1) is 10.2. The van der Waals surface area contributed by atoms with E-state index in [0.29, 0.717) is 5.92 Å². The predicted molar refractivity (Wildman–Crippen MR) is 56.0 cm³/mol. The molecule has 0 aromatic rings. The molecular formula is C12H20O2. The van der Waals surface area contributed by atoms with Gasteiger partial charge in [0.2, 0.25) is 0 Å². The van der Waals surface area contributed by atoms with Crippen LogP contribution >= 0.6 is 0 Å². The number of rotatable bonds is 1. The summed E-state index contributed by atoms with van der Waals surface area (Å²) in [5.41, 5.74) is 0.252. The molecule has 80 valence electrons. The molecule has 1 spiro atoms. The van der Waals surface area contributed by atoms with Gasteiger partial charge in [-0.2, -0.15) is 0 Å². The molecule has 3 atom stereocenters. The van der Waals surface area contributed by atoms with Crippen molar-refractivity contribution in [2.45, 2.75) is 38.9 Å². The molecule has 2 nitrogen and oxygen atoms in total. The van der Waals surface area contributed by atoms with Crippen LogP contribution in [0.2, 0.25) is 0 Å². The molecule has 1 saturated heterocycles. The zero-order valence-corrected chi connectivity index (χ0v) is 9.16. The number of hydrogen-bond acceptors (Lipinski definition) is 2. The minimum atomic E-state index is 0.0104. The second-order valence-electron chi connectivity index (χ2n) is 4.53. The summed E-state index contributed by atoms with van der Waals surface area (Å²) in [5.74, 6) is 0.585. The summed E-state index contributed by atoms with van der Waals surface area (Å²) in [4.78, 5) is 0. The van der Waals surface area contributed by atoms with E-state index in [2.05, 4.69) is 19.1 Å². The van der Waals surface area contributed by atoms with E-state index in [1.165, 1.54) is 25.7 Å². The number of hydrogen-bond donors (Lipinski definition) is 0. The van der Waals surface area contributed by atoms with Crippen molar-refractivity contribution in [3.8, 4) is 0 Å². The smallest absolute Gasteiger partial charge is 0.163 e. The molecule has 0 aromatic carbocycles. The molecule has 0 saturated carbocycles. The molecule has 1 aliphatic heterocycles. The van der Waals surface area contributed by atoms with Crippen molar-refractivity contribution in [3.05, 3.63) is 12.2 Å². The number of methoxy groups -OCH3 is 1. The average molecular weight is 196 g/mol. The molecule has 3 unspecified atom stereocenters. The standard InChI is InChI=1S/C12H20O2/c1-10-6-3-4-7-12(10)8-5-9-14-11(12)13-2/h3,6,10-11H,4-5,7-9H2,1-2H3. The van der Waals surface area contributed by atoms with Crippen molar-refractivity contribution in [2.24, 2.45) is 11.3 Å². The monoisotopic (exact) mass is 196 g/mol. The van der Waals surface area contributed by atoms with Crippen LogP contribution in [0.4, 0.5) is 0 Å². The molecular weight excluding hydrogens is 176 g/mol. The zero-order valence-electron chi connectivity index (χ0n) is 9.16. The third-order valence-corrected chi connectivity index (χ3v) is 3.85.